The molecule has 0 bridgehead atoms. The highest BCUT2D eigenvalue weighted by Gasteiger charge is 2.20. The second-order valence-electron chi connectivity index (χ2n) is 6.43. The highest BCUT2D eigenvalue weighted by Crippen LogP contribution is 2.29. The molecule has 3 nitrogen and oxygen atoms in total. The van der Waals surface area contributed by atoms with Gasteiger partial charge in [-0.05, 0) is 24.1 Å². The lowest BCUT2D eigenvalue weighted by molar-refractivity contribution is -0.0117. The molecule has 1 aliphatic heterocycles. The Balaban J connectivity index is 1.99. The first-order chi connectivity index (χ1) is 8.97. The number of para-hydroxylation sites is 1. The van der Waals surface area contributed by atoms with E-state index < -0.39 is 0 Å². The van der Waals surface area contributed by atoms with Crippen LogP contribution in [0.2, 0.25) is 0 Å². The Morgan fingerprint density at radius 3 is 2.74 bits per heavy atom. The van der Waals surface area contributed by atoms with Gasteiger partial charge in [-0.25, -0.2) is 0 Å². The maximum Gasteiger partial charge on any atom is 0.0874 e. The van der Waals surface area contributed by atoms with Crippen molar-refractivity contribution >= 4 is 5.69 Å². The van der Waals surface area contributed by atoms with E-state index in [0.717, 1.165) is 26.2 Å². The first kappa shape index (κ1) is 14.4. The highest BCUT2D eigenvalue weighted by molar-refractivity contribution is 5.54. The van der Waals surface area contributed by atoms with Crippen LogP contribution in [0.5, 0.6) is 0 Å². The number of hydrogen-bond donors (Lipinski definition) is 1. The molecule has 0 spiro atoms. The van der Waals surface area contributed by atoms with Crippen molar-refractivity contribution in [1.82, 2.24) is 4.90 Å². The highest BCUT2D eigenvalue weighted by atomic mass is 16.5. The predicted octanol–water partition coefficient (Wildman–Crippen LogP) is 2.73. The summed E-state index contributed by atoms with van der Waals surface area (Å²) in [4.78, 5) is 2.32. The number of ether oxygens (including phenoxy) is 1. The molecule has 2 rings (SSSR count). The Kier molecular flexibility index (Phi) is 4.48. The first-order valence-electron chi connectivity index (χ1n) is 7.10. The third-order valence-corrected chi connectivity index (χ3v) is 3.60. The summed E-state index contributed by atoms with van der Waals surface area (Å²) in [6.45, 7) is 10.5. The fraction of sp³-hybridized carbons (Fsp3) is 0.625. The van der Waals surface area contributed by atoms with Crippen molar-refractivity contribution in [3.8, 4) is 0 Å². The zero-order chi connectivity index (χ0) is 13.9. The lowest BCUT2D eigenvalue weighted by atomic mass is 9.86. The molecule has 106 valence electrons. The van der Waals surface area contributed by atoms with E-state index >= 15 is 0 Å². The minimum atomic E-state index is 0.161. The SMILES string of the molecule is CN1CCOC(CNc2ccccc2C(C)(C)C)C1. The van der Waals surface area contributed by atoms with Crippen LogP contribution in [0.1, 0.15) is 26.3 Å². The van der Waals surface area contributed by atoms with Gasteiger partial charge >= 0.3 is 0 Å². The van der Waals surface area contributed by atoms with Gasteiger partial charge in [-0.3, -0.25) is 0 Å². The number of hydrogen-bond acceptors (Lipinski definition) is 3. The van der Waals surface area contributed by atoms with Crippen LogP contribution in [0.15, 0.2) is 24.3 Å². The van der Waals surface area contributed by atoms with Gasteiger partial charge in [-0.2, -0.15) is 0 Å². The summed E-state index contributed by atoms with van der Waals surface area (Å²) < 4.78 is 5.79. The molecule has 1 aromatic rings. The Bertz CT molecular complexity index is 411. The number of anilines is 1. The van der Waals surface area contributed by atoms with Crippen LogP contribution in [-0.4, -0.2) is 44.3 Å². The van der Waals surface area contributed by atoms with Crippen molar-refractivity contribution in [3.63, 3.8) is 0 Å². The molecule has 1 N–H and O–H groups in total. The van der Waals surface area contributed by atoms with Crippen LogP contribution in [0.25, 0.3) is 0 Å². The number of benzene rings is 1. The van der Waals surface area contributed by atoms with Crippen LogP contribution in [-0.2, 0) is 10.2 Å². The zero-order valence-electron chi connectivity index (χ0n) is 12.6. The van der Waals surface area contributed by atoms with Gasteiger partial charge in [0.05, 0.1) is 12.7 Å². The van der Waals surface area contributed by atoms with Crippen molar-refractivity contribution in [2.24, 2.45) is 0 Å². The van der Waals surface area contributed by atoms with Crippen molar-refractivity contribution in [3.05, 3.63) is 29.8 Å². The largest absolute Gasteiger partial charge is 0.382 e. The molecule has 1 heterocycles. The van der Waals surface area contributed by atoms with Crippen LogP contribution in [0.4, 0.5) is 5.69 Å². The van der Waals surface area contributed by atoms with E-state index in [4.69, 9.17) is 4.74 Å². The molecule has 0 saturated carbocycles. The summed E-state index contributed by atoms with van der Waals surface area (Å²) in [5, 5.41) is 3.56. The van der Waals surface area contributed by atoms with Gasteiger partial charge in [0.1, 0.15) is 0 Å². The maximum atomic E-state index is 5.79. The second-order valence-corrected chi connectivity index (χ2v) is 6.43. The summed E-state index contributed by atoms with van der Waals surface area (Å²) in [6, 6.07) is 8.56. The maximum absolute atomic E-state index is 5.79. The van der Waals surface area contributed by atoms with E-state index in [9.17, 15) is 0 Å². The fourth-order valence-corrected chi connectivity index (χ4v) is 2.51. The van der Waals surface area contributed by atoms with Crippen LogP contribution in [0.3, 0.4) is 0 Å². The van der Waals surface area contributed by atoms with E-state index in [2.05, 4.69) is 62.3 Å². The van der Waals surface area contributed by atoms with Gasteiger partial charge in [0.15, 0.2) is 0 Å². The standard InChI is InChI=1S/C16H26N2O/c1-16(2,3)14-7-5-6-8-15(14)17-11-13-12-18(4)9-10-19-13/h5-8,13,17H,9-12H2,1-4H3. The molecule has 0 aliphatic carbocycles. The second kappa shape index (κ2) is 5.93. The van der Waals surface area contributed by atoms with E-state index in [1.807, 2.05) is 0 Å². The molecular formula is C16H26N2O. The molecule has 0 aromatic heterocycles. The Morgan fingerprint density at radius 1 is 1.32 bits per heavy atom. The zero-order valence-corrected chi connectivity index (χ0v) is 12.6. The third kappa shape index (κ3) is 3.95. The molecule has 0 radical (unpaired) electrons. The Labute approximate surface area is 116 Å². The quantitative estimate of drug-likeness (QED) is 0.906. The van der Waals surface area contributed by atoms with Gasteiger partial charge in [-0.1, -0.05) is 39.0 Å². The molecule has 1 aromatic carbocycles. The van der Waals surface area contributed by atoms with Crippen molar-refractivity contribution in [1.29, 1.82) is 0 Å². The van der Waals surface area contributed by atoms with Gasteiger partial charge < -0.3 is 15.0 Å². The fourth-order valence-electron chi connectivity index (χ4n) is 2.51. The summed E-state index contributed by atoms with van der Waals surface area (Å²) in [7, 11) is 2.15. The van der Waals surface area contributed by atoms with Crippen molar-refractivity contribution in [2.45, 2.75) is 32.3 Å². The minimum Gasteiger partial charge on any atom is -0.382 e. The molecule has 1 fully saturated rings. The van der Waals surface area contributed by atoms with E-state index in [1.165, 1.54) is 11.3 Å². The summed E-state index contributed by atoms with van der Waals surface area (Å²) in [5.41, 5.74) is 2.75. The molecule has 0 amide bonds. The molecule has 3 heteroatoms. The van der Waals surface area contributed by atoms with Gasteiger partial charge in [0, 0.05) is 25.3 Å². The number of nitrogens with zero attached hydrogens (tertiary/aromatic N) is 1. The minimum absolute atomic E-state index is 0.161. The molecule has 1 aliphatic rings. The number of morpholine rings is 1. The van der Waals surface area contributed by atoms with E-state index in [-0.39, 0.29) is 11.5 Å². The van der Waals surface area contributed by atoms with Crippen LogP contribution >= 0.6 is 0 Å². The van der Waals surface area contributed by atoms with Gasteiger partial charge in [0.25, 0.3) is 0 Å². The smallest absolute Gasteiger partial charge is 0.0874 e. The molecule has 1 unspecified atom stereocenters. The lowest BCUT2D eigenvalue weighted by Gasteiger charge is -2.31. The van der Waals surface area contributed by atoms with E-state index in [1.54, 1.807) is 0 Å². The normalized spacial score (nSPS) is 21.4. The Hall–Kier alpha value is -1.06. The van der Waals surface area contributed by atoms with E-state index in [0.29, 0.717) is 0 Å². The Morgan fingerprint density at radius 2 is 2.05 bits per heavy atom. The van der Waals surface area contributed by atoms with Gasteiger partial charge in [-0.15, -0.1) is 0 Å². The van der Waals surface area contributed by atoms with Crippen LogP contribution < -0.4 is 5.32 Å². The molecular weight excluding hydrogens is 236 g/mol. The predicted molar refractivity (Wildman–Crippen MR) is 80.9 cm³/mol. The lowest BCUT2D eigenvalue weighted by Crippen LogP contribution is -2.43. The summed E-state index contributed by atoms with van der Waals surface area (Å²) >= 11 is 0. The average molecular weight is 262 g/mol. The third-order valence-electron chi connectivity index (χ3n) is 3.60. The molecule has 1 atom stereocenters. The summed E-state index contributed by atoms with van der Waals surface area (Å²) in [5.74, 6) is 0. The topological polar surface area (TPSA) is 24.5 Å². The average Bonchev–Trinajstić information content (AvgIpc) is 2.36. The molecule has 19 heavy (non-hydrogen) atoms. The number of rotatable bonds is 3. The van der Waals surface area contributed by atoms with Crippen molar-refractivity contribution in [2.75, 3.05) is 38.6 Å². The first-order valence-corrected chi connectivity index (χ1v) is 7.10. The molecule has 1 saturated heterocycles. The van der Waals surface area contributed by atoms with Crippen LogP contribution in [0, 0.1) is 0 Å². The monoisotopic (exact) mass is 262 g/mol. The summed E-state index contributed by atoms with van der Waals surface area (Å²) in [6.07, 6.45) is 0.284. The number of nitrogens with one attached hydrogen (secondary N) is 1. The van der Waals surface area contributed by atoms with Gasteiger partial charge in [0.2, 0.25) is 0 Å². The van der Waals surface area contributed by atoms with Crippen molar-refractivity contribution < 1.29 is 4.74 Å². The number of likely N-dealkylation sites (N-methyl/N-ethyl adjacent to an activating group) is 1.